The van der Waals surface area contributed by atoms with E-state index in [0.29, 0.717) is 34.5 Å². The van der Waals surface area contributed by atoms with Crippen LogP contribution in [0.4, 0.5) is 11.4 Å². The molecule has 1 saturated carbocycles. The van der Waals surface area contributed by atoms with Gasteiger partial charge in [-0.05, 0) is 67.3 Å². The summed E-state index contributed by atoms with van der Waals surface area (Å²) in [4.78, 5) is 21.7. The molecule has 0 radical (unpaired) electrons. The Balaban J connectivity index is 1.43. The molecule has 0 saturated heterocycles. The molecule has 3 unspecified atom stereocenters. The Bertz CT molecular complexity index is 1640. The number of nitrogens with one attached hydrogen (secondary N) is 2. The lowest BCUT2D eigenvalue weighted by molar-refractivity contribution is -0.0249. The number of methoxy groups -OCH3 is 1. The zero-order valence-corrected chi connectivity index (χ0v) is 24.5. The van der Waals surface area contributed by atoms with Crippen molar-refractivity contribution in [3.05, 3.63) is 71.2 Å². The number of esters is 1. The number of aromatic amines is 1. The molecule has 5 rings (SSSR count). The van der Waals surface area contributed by atoms with Gasteiger partial charge in [-0.1, -0.05) is 39.0 Å². The third kappa shape index (κ3) is 5.79. The first-order valence-corrected chi connectivity index (χ1v) is 14.6. The second-order valence-electron chi connectivity index (χ2n) is 10.8. The van der Waals surface area contributed by atoms with Crippen LogP contribution in [0.2, 0.25) is 0 Å². The second kappa shape index (κ2) is 11.7. The van der Waals surface area contributed by atoms with E-state index in [4.69, 9.17) is 20.2 Å². The van der Waals surface area contributed by atoms with Crippen molar-refractivity contribution in [2.45, 2.75) is 46.6 Å². The molecule has 2 aromatic heterocycles. The third-order valence-electron chi connectivity index (χ3n) is 7.56. The molecule has 1 fully saturated rings. The predicted octanol–water partition coefficient (Wildman–Crippen LogP) is 6.49. The minimum absolute atomic E-state index is 0.126. The highest BCUT2D eigenvalue weighted by molar-refractivity contribution is 7.82. The molecule has 41 heavy (non-hydrogen) atoms. The molecule has 0 aliphatic heterocycles. The van der Waals surface area contributed by atoms with E-state index in [-0.39, 0.29) is 34.8 Å². The number of benzene rings is 2. The van der Waals surface area contributed by atoms with E-state index in [2.05, 4.69) is 40.4 Å². The highest BCUT2D eigenvalue weighted by atomic mass is 32.2. The van der Waals surface area contributed by atoms with E-state index in [1.807, 2.05) is 25.1 Å². The number of carbonyl (C=O) groups excluding carboxylic acids is 1. The maximum atomic E-state index is 13.4. The fraction of sp³-hybridized carbons (Fsp3) is 0.367. The maximum Gasteiger partial charge on any atom is 0.331 e. The summed E-state index contributed by atoms with van der Waals surface area (Å²) in [5.74, 6) is 1.88. The third-order valence-corrected chi connectivity index (χ3v) is 8.29. The Morgan fingerprint density at radius 3 is 2.56 bits per heavy atom. The average molecular weight is 576 g/mol. The lowest BCUT2D eigenvalue weighted by atomic mass is 9.75. The van der Waals surface area contributed by atoms with Crippen LogP contribution in [0.3, 0.4) is 0 Å². The van der Waals surface area contributed by atoms with Gasteiger partial charge in [-0.25, -0.2) is 14.6 Å². The van der Waals surface area contributed by atoms with Gasteiger partial charge in [0.05, 0.1) is 24.9 Å². The molecule has 2 aromatic carbocycles. The molecule has 11 heteroatoms. The normalized spacial score (nSPS) is 21.2. The largest absolute Gasteiger partial charge is 0.496 e. The van der Waals surface area contributed by atoms with Crippen LogP contribution in [0.15, 0.2) is 48.7 Å². The lowest BCUT2D eigenvalue weighted by Gasteiger charge is -2.37. The van der Waals surface area contributed by atoms with E-state index >= 15 is 0 Å². The fourth-order valence-electron chi connectivity index (χ4n) is 5.74. The number of para-hydroxylation sites is 1. The van der Waals surface area contributed by atoms with Crippen LogP contribution in [-0.4, -0.2) is 38.0 Å². The minimum Gasteiger partial charge on any atom is -0.496 e. The number of hydrogen-bond donors (Lipinski definition) is 2. The topological polar surface area (TPSA) is 111 Å². The Labute approximate surface area is 241 Å². The summed E-state index contributed by atoms with van der Waals surface area (Å²) in [6, 6.07) is 12.5. The van der Waals surface area contributed by atoms with Crippen LogP contribution in [0.25, 0.3) is 21.9 Å². The Morgan fingerprint density at radius 1 is 1.15 bits per heavy atom. The summed E-state index contributed by atoms with van der Waals surface area (Å²) in [5.41, 5.74) is 2.50. The number of rotatable bonds is 8. The summed E-state index contributed by atoms with van der Waals surface area (Å²) < 4.78 is 34.2. The average Bonchev–Trinajstić information content (AvgIpc) is 3.49. The van der Waals surface area contributed by atoms with Crippen molar-refractivity contribution in [1.82, 2.24) is 14.6 Å². The molecule has 214 valence electrons. The maximum absolute atomic E-state index is 13.4. The molecule has 2 heterocycles. The van der Waals surface area contributed by atoms with Gasteiger partial charge in [-0.3, -0.25) is 14.3 Å². The molecular formula is C30H33N5O5S. The SMILES string of the molecule is [C-]#[N+]c1cn2[nH]c(-c3cc(NS(=O)Oc4ccccc4C)ccc3OC)nc2c1C(=O)OC1C(C)CC(C)CC1C. The molecule has 10 nitrogen and oxygen atoms in total. The van der Waals surface area contributed by atoms with Crippen LogP contribution in [0, 0.1) is 31.2 Å². The van der Waals surface area contributed by atoms with E-state index < -0.39 is 17.2 Å². The van der Waals surface area contributed by atoms with Crippen molar-refractivity contribution in [2.75, 3.05) is 11.8 Å². The van der Waals surface area contributed by atoms with Gasteiger partial charge in [-0.2, -0.15) is 4.21 Å². The minimum atomic E-state index is -1.86. The Morgan fingerprint density at radius 2 is 1.88 bits per heavy atom. The van der Waals surface area contributed by atoms with Gasteiger partial charge in [0.1, 0.15) is 23.2 Å². The van der Waals surface area contributed by atoms with Crippen molar-refractivity contribution in [1.29, 1.82) is 0 Å². The van der Waals surface area contributed by atoms with Crippen molar-refractivity contribution in [3.8, 4) is 22.9 Å². The van der Waals surface area contributed by atoms with Gasteiger partial charge in [0, 0.05) is 6.20 Å². The summed E-state index contributed by atoms with van der Waals surface area (Å²) in [6.45, 7) is 15.9. The van der Waals surface area contributed by atoms with Gasteiger partial charge in [0.2, 0.25) is 5.69 Å². The van der Waals surface area contributed by atoms with Crippen LogP contribution >= 0.6 is 0 Å². The molecule has 1 aliphatic carbocycles. The van der Waals surface area contributed by atoms with E-state index in [1.54, 1.807) is 24.3 Å². The molecule has 4 aromatic rings. The summed E-state index contributed by atoms with van der Waals surface area (Å²) in [7, 11) is 1.54. The van der Waals surface area contributed by atoms with Crippen molar-refractivity contribution < 1.29 is 22.7 Å². The number of H-pyrrole nitrogens is 1. The smallest absolute Gasteiger partial charge is 0.331 e. The van der Waals surface area contributed by atoms with Gasteiger partial charge in [-0.15, -0.1) is 0 Å². The molecule has 0 amide bonds. The first-order valence-electron chi connectivity index (χ1n) is 13.5. The molecule has 3 atom stereocenters. The van der Waals surface area contributed by atoms with E-state index in [1.165, 1.54) is 17.8 Å². The van der Waals surface area contributed by atoms with Gasteiger partial charge in [0.25, 0.3) is 0 Å². The second-order valence-corrected chi connectivity index (χ2v) is 11.6. The standard InChI is InChI=1S/C30H33N5O5S/c1-17-13-19(3)27(20(4)14-17)39-30(36)26-23(31-5)16-35-29(26)32-28(33-35)22-15-21(11-12-25(22)38-6)34-41(37)40-24-10-8-7-9-18(24)2/h7-12,15-17,19-20,27,34H,13-14H2,1-4,6H3,(H,32,33). The Hall–Kier alpha value is -4.30. The quantitative estimate of drug-likeness (QED) is 0.183. The number of hydrogen-bond acceptors (Lipinski definition) is 6. The molecule has 0 bridgehead atoms. The number of carbonyl (C=O) groups is 1. The molecule has 0 spiro atoms. The van der Waals surface area contributed by atoms with Gasteiger partial charge >= 0.3 is 17.2 Å². The first kappa shape index (κ1) is 28.2. The summed E-state index contributed by atoms with van der Waals surface area (Å²) in [5, 5.41) is 3.13. The Kier molecular flexibility index (Phi) is 8.03. The van der Waals surface area contributed by atoms with E-state index in [0.717, 1.165) is 18.4 Å². The van der Waals surface area contributed by atoms with Crippen LogP contribution in [0.5, 0.6) is 11.5 Å². The number of aromatic nitrogens is 3. The summed E-state index contributed by atoms with van der Waals surface area (Å²) in [6.07, 6.45) is 3.28. The number of fused-ring (bicyclic) bond motifs is 1. The molecule has 2 N–H and O–H groups in total. The zero-order valence-electron chi connectivity index (χ0n) is 23.6. The van der Waals surface area contributed by atoms with Crippen LogP contribution in [0.1, 0.15) is 49.5 Å². The first-order chi connectivity index (χ1) is 19.7. The van der Waals surface area contributed by atoms with Gasteiger partial charge in [0.15, 0.2) is 11.5 Å². The van der Waals surface area contributed by atoms with Crippen molar-refractivity contribution in [3.63, 3.8) is 0 Å². The summed E-state index contributed by atoms with van der Waals surface area (Å²) >= 11 is -1.86. The predicted molar refractivity (Wildman–Crippen MR) is 157 cm³/mol. The zero-order chi connectivity index (χ0) is 29.3. The van der Waals surface area contributed by atoms with Crippen molar-refractivity contribution in [2.24, 2.45) is 17.8 Å². The monoisotopic (exact) mass is 575 g/mol. The van der Waals surface area contributed by atoms with Gasteiger partial charge < -0.3 is 13.7 Å². The number of anilines is 1. The van der Waals surface area contributed by atoms with Crippen LogP contribution < -0.4 is 13.6 Å². The van der Waals surface area contributed by atoms with Crippen LogP contribution in [-0.2, 0) is 16.0 Å². The lowest BCUT2D eigenvalue weighted by Crippen LogP contribution is -2.37. The molecule has 1 aliphatic rings. The number of nitrogens with zero attached hydrogens (tertiary/aromatic N) is 3. The fourth-order valence-corrected chi connectivity index (χ4v) is 6.45. The van der Waals surface area contributed by atoms with E-state index in [9.17, 15) is 9.00 Å². The number of aryl methyl sites for hydroxylation is 1. The number of ether oxygens (including phenoxy) is 2. The highest BCUT2D eigenvalue weighted by Gasteiger charge is 2.35. The highest BCUT2D eigenvalue weighted by Crippen LogP contribution is 2.37. The van der Waals surface area contributed by atoms with Crippen molar-refractivity contribution >= 4 is 34.3 Å². The molecular weight excluding hydrogens is 542 g/mol.